The van der Waals surface area contributed by atoms with Crippen molar-refractivity contribution < 1.29 is 19.4 Å². The SMILES string of the molecule is O=C(NC1CCC(CC2OCCO2)CC1)N[C@@H](c1ccccc1)C(O)(c1ccccc1)c1ccccc1. The molecular weight excluding hydrogens is 464 g/mol. The first-order chi connectivity index (χ1) is 18.1. The van der Waals surface area contributed by atoms with Gasteiger partial charge in [-0.25, -0.2) is 4.79 Å². The number of urea groups is 1. The largest absolute Gasteiger partial charge is 0.378 e. The van der Waals surface area contributed by atoms with Gasteiger partial charge in [0.05, 0.1) is 19.3 Å². The van der Waals surface area contributed by atoms with Gasteiger partial charge in [-0.05, 0) is 48.3 Å². The third-order valence-corrected chi connectivity index (χ3v) is 7.65. The van der Waals surface area contributed by atoms with Crippen LogP contribution in [0.3, 0.4) is 0 Å². The van der Waals surface area contributed by atoms with Gasteiger partial charge in [-0.15, -0.1) is 0 Å². The summed E-state index contributed by atoms with van der Waals surface area (Å²) in [5.41, 5.74) is 0.785. The van der Waals surface area contributed by atoms with E-state index in [9.17, 15) is 9.90 Å². The van der Waals surface area contributed by atoms with Crippen LogP contribution in [0.1, 0.15) is 54.8 Å². The lowest BCUT2D eigenvalue weighted by molar-refractivity contribution is -0.0601. The summed E-state index contributed by atoms with van der Waals surface area (Å²) in [7, 11) is 0. The third kappa shape index (κ3) is 6.04. The molecule has 2 aliphatic rings. The summed E-state index contributed by atoms with van der Waals surface area (Å²) >= 11 is 0. The first kappa shape index (κ1) is 25.5. The minimum absolute atomic E-state index is 0.0712. The summed E-state index contributed by atoms with van der Waals surface area (Å²) in [4.78, 5) is 13.4. The van der Waals surface area contributed by atoms with Gasteiger partial charge in [0, 0.05) is 12.5 Å². The lowest BCUT2D eigenvalue weighted by Crippen LogP contribution is -2.50. The smallest absolute Gasteiger partial charge is 0.315 e. The number of ether oxygens (including phenoxy) is 2. The Balaban J connectivity index is 1.33. The molecule has 0 unspecified atom stereocenters. The Kier molecular flexibility index (Phi) is 8.19. The van der Waals surface area contributed by atoms with Gasteiger partial charge in [0.15, 0.2) is 6.29 Å². The molecule has 6 nitrogen and oxygen atoms in total. The molecule has 1 saturated heterocycles. The summed E-state index contributed by atoms with van der Waals surface area (Å²) in [6.07, 6.45) is 4.77. The van der Waals surface area contributed by atoms with Crippen LogP contribution in [-0.4, -0.2) is 36.7 Å². The molecule has 1 aliphatic heterocycles. The lowest BCUT2D eigenvalue weighted by Gasteiger charge is -2.38. The predicted octanol–water partition coefficient (Wildman–Crippen LogP) is 5.28. The Morgan fingerprint density at radius 2 is 1.32 bits per heavy atom. The fourth-order valence-corrected chi connectivity index (χ4v) is 5.68. The van der Waals surface area contributed by atoms with Gasteiger partial charge < -0.3 is 25.2 Å². The molecule has 3 aromatic carbocycles. The predicted molar refractivity (Wildman–Crippen MR) is 143 cm³/mol. The van der Waals surface area contributed by atoms with Crippen LogP contribution in [0.4, 0.5) is 4.79 Å². The average Bonchev–Trinajstić information content (AvgIpc) is 3.47. The highest BCUT2D eigenvalue weighted by atomic mass is 16.7. The van der Waals surface area contributed by atoms with Crippen LogP contribution in [0.5, 0.6) is 0 Å². The van der Waals surface area contributed by atoms with E-state index >= 15 is 0 Å². The van der Waals surface area contributed by atoms with Gasteiger partial charge in [0.1, 0.15) is 5.60 Å². The summed E-state index contributed by atoms with van der Waals surface area (Å²) in [5.74, 6) is 0.558. The highest BCUT2D eigenvalue weighted by Gasteiger charge is 2.42. The molecule has 0 radical (unpaired) electrons. The zero-order chi connectivity index (χ0) is 25.5. The molecule has 1 aliphatic carbocycles. The maximum Gasteiger partial charge on any atom is 0.315 e. The van der Waals surface area contributed by atoms with Crippen molar-refractivity contribution in [3.05, 3.63) is 108 Å². The number of nitrogens with one attached hydrogen (secondary N) is 2. The highest BCUT2D eigenvalue weighted by Crippen LogP contribution is 2.41. The van der Waals surface area contributed by atoms with Crippen molar-refractivity contribution >= 4 is 6.03 Å². The topological polar surface area (TPSA) is 79.8 Å². The second-order valence-corrected chi connectivity index (χ2v) is 10.1. The van der Waals surface area contributed by atoms with Crippen molar-refractivity contribution in [1.29, 1.82) is 0 Å². The number of carbonyl (C=O) groups is 1. The van der Waals surface area contributed by atoms with Crippen LogP contribution in [0, 0.1) is 5.92 Å². The number of benzene rings is 3. The van der Waals surface area contributed by atoms with Gasteiger partial charge in [-0.3, -0.25) is 0 Å². The van der Waals surface area contributed by atoms with Crippen LogP contribution in [-0.2, 0) is 15.1 Å². The standard InChI is InChI=1S/C31H36N2O4/c34-30(32-27-18-16-23(17-19-27)22-28-36-20-21-37-28)33-29(24-10-4-1-5-11-24)31(35,25-12-6-2-7-13-25)26-14-8-3-9-15-26/h1-15,23,27-29,35H,16-22H2,(H2,32,33,34)/t23?,27?,29-/m0/s1. The van der Waals surface area contributed by atoms with E-state index < -0.39 is 11.6 Å². The van der Waals surface area contributed by atoms with Gasteiger partial charge in [0.25, 0.3) is 0 Å². The molecule has 2 amide bonds. The van der Waals surface area contributed by atoms with Crippen molar-refractivity contribution in [2.24, 2.45) is 5.92 Å². The van der Waals surface area contributed by atoms with E-state index in [0.29, 0.717) is 30.3 Å². The fourth-order valence-electron chi connectivity index (χ4n) is 5.68. The van der Waals surface area contributed by atoms with Crippen molar-refractivity contribution in [1.82, 2.24) is 10.6 Å². The molecule has 1 saturated carbocycles. The summed E-state index contributed by atoms with van der Waals surface area (Å²) in [6.45, 7) is 1.37. The Bertz CT molecular complexity index is 1070. The monoisotopic (exact) mass is 500 g/mol. The second-order valence-electron chi connectivity index (χ2n) is 10.1. The highest BCUT2D eigenvalue weighted by molar-refractivity contribution is 5.75. The van der Waals surface area contributed by atoms with Crippen LogP contribution in [0.15, 0.2) is 91.0 Å². The summed E-state index contributed by atoms with van der Waals surface area (Å²) in [6, 6.07) is 27.9. The number of carbonyl (C=O) groups excluding carboxylic acids is 1. The minimum Gasteiger partial charge on any atom is -0.378 e. The van der Waals surface area contributed by atoms with Crippen LogP contribution in [0.25, 0.3) is 0 Å². The zero-order valence-electron chi connectivity index (χ0n) is 21.1. The van der Waals surface area contributed by atoms with Gasteiger partial charge in [0.2, 0.25) is 0 Å². The van der Waals surface area contributed by atoms with Crippen molar-refractivity contribution in [3.63, 3.8) is 0 Å². The van der Waals surface area contributed by atoms with Crippen LogP contribution < -0.4 is 10.6 Å². The van der Waals surface area contributed by atoms with E-state index in [1.807, 2.05) is 91.0 Å². The Morgan fingerprint density at radius 3 is 1.86 bits per heavy atom. The third-order valence-electron chi connectivity index (χ3n) is 7.65. The number of amides is 2. The lowest BCUT2D eigenvalue weighted by atomic mass is 9.77. The zero-order valence-corrected chi connectivity index (χ0v) is 21.1. The Labute approximate surface area is 219 Å². The first-order valence-electron chi connectivity index (χ1n) is 13.3. The molecule has 194 valence electrons. The van der Waals surface area contributed by atoms with Gasteiger partial charge in [-0.2, -0.15) is 0 Å². The molecular formula is C31H36N2O4. The molecule has 37 heavy (non-hydrogen) atoms. The normalized spacial score (nSPS) is 21.3. The van der Waals surface area contributed by atoms with Crippen LogP contribution in [0.2, 0.25) is 0 Å². The van der Waals surface area contributed by atoms with E-state index in [2.05, 4.69) is 10.6 Å². The van der Waals surface area contributed by atoms with E-state index in [0.717, 1.165) is 37.7 Å². The maximum atomic E-state index is 13.4. The number of rotatable bonds is 8. The molecule has 1 atom stereocenters. The fraction of sp³-hybridized carbons (Fsp3) is 0.387. The van der Waals surface area contributed by atoms with Crippen LogP contribution >= 0.6 is 0 Å². The van der Waals surface area contributed by atoms with Crippen molar-refractivity contribution in [2.75, 3.05) is 13.2 Å². The quantitative estimate of drug-likeness (QED) is 0.393. The van der Waals surface area contributed by atoms with E-state index in [1.165, 1.54) is 0 Å². The molecule has 6 heteroatoms. The first-order valence-corrected chi connectivity index (χ1v) is 13.3. The molecule has 3 N–H and O–H groups in total. The van der Waals surface area contributed by atoms with E-state index in [-0.39, 0.29) is 18.4 Å². The number of hydrogen-bond acceptors (Lipinski definition) is 4. The van der Waals surface area contributed by atoms with Gasteiger partial charge >= 0.3 is 6.03 Å². The molecule has 2 fully saturated rings. The Hall–Kier alpha value is -3.19. The second kappa shape index (κ2) is 11.9. The average molecular weight is 501 g/mol. The molecule has 5 rings (SSSR count). The summed E-state index contributed by atoms with van der Waals surface area (Å²) in [5, 5.41) is 18.8. The molecule has 1 heterocycles. The van der Waals surface area contributed by atoms with Gasteiger partial charge in [-0.1, -0.05) is 91.0 Å². The molecule has 3 aromatic rings. The van der Waals surface area contributed by atoms with Crippen molar-refractivity contribution in [3.8, 4) is 0 Å². The van der Waals surface area contributed by atoms with Crippen molar-refractivity contribution in [2.45, 2.75) is 56.1 Å². The number of aliphatic hydroxyl groups is 1. The summed E-state index contributed by atoms with van der Waals surface area (Å²) < 4.78 is 11.2. The number of hydrogen-bond donors (Lipinski definition) is 3. The molecule has 0 aromatic heterocycles. The molecule has 0 spiro atoms. The maximum absolute atomic E-state index is 13.4. The van der Waals surface area contributed by atoms with E-state index in [1.54, 1.807) is 0 Å². The Morgan fingerprint density at radius 1 is 0.811 bits per heavy atom. The van der Waals surface area contributed by atoms with E-state index in [4.69, 9.17) is 9.47 Å². The molecule has 0 bridgehead atoms. The minimum atomic E-state index is -1.47.